The molecule has 1 aliphatic rings. The molecule has 0 radical (unpaired) electrons. The van der Waals surface area contributed by atoms with E-state index in [9.17, 15) is 0 Å². The van der Waals surface area contributed by atoms with Gasteiger partial charge in [0, 0.05) is 29.4 Å². The van der Waals surface area contributed by atoms with Gasteiger partial charge in [0.1, 0.15) is 0 Å². The van der Waals surface area contributed by atoms with Gasteiger partial charge in [-0.25, -0.2) is 0 Å². The van der Waals surface area contributed by atoms with Gasteiger partial charge in [-0.1, -0.05) is 13.0 Å². The molecule has 15 heavy (non-hydrogen) atoms. The minimum Gasteiger partial charge on any atom is -0.313 e. The van der Waals surface area contributed by atoms with Gasteiger partial charge in [0.05, 0.1) is 0 Å². The molecule has 2 unspecified atom stereocenters. The molecule has 1 aromatic heterocycles. The van der Waals surface area contributed by atoms with Crippen molar-refractivity contribution in [1.82, 2.24) is 10.3 Å². The third-order valence-electron chi connectivity index (χ3n) is 2.77. The summed E-state index contributed by atoms with van der Waals surface area (Å²) in [5.74, 6) is 1.27. The van der Waals surface area contributed by atoms with Crippen molar-refractivity contribution in [1.29, 1.82) is 0 Å². The molecule has 0 amide bonds. The first kappa shape index (κ1) is 11.0. The number of nitrogens with zero attached hydrogens (tertiary/aromatic N) is 1. The number of hydrogen-bond acceptors (Lipinski definition) is 3. The van der Waals surface area contributed by atoms with Crippen LogP contribution in [0.15, 0.2) is 24.5 Å². The maximum atomic E-state index is 4.12. The Morgan fingerprint density at radius 3 is 3.20 bits per heavy atom. The lowest BCUT2D eigenvalue weighted by Gasteiger charge is -2.10. The van der Waals surface area contributed by atoms with Gasteiger partial charge in [0.15, 0.2) is 0 Å². The normalized spacial score (nSPS) is 25.7. The van der Waals surface area contributed by atoms with E-state index in [2.05, 4.69) is 35.1 Å². The highest BCUT2D eigenvalue weighted by Gasteiger charge is 2.20. The van der Waals surface area contributed by atoms with Crippen molar-refractivity contribution in [2.45, 2.75) is 31.1 Å². The number of thioether (sulfide) groups is 1. The highest BCUT2D eigenvalue weighted by Crippen LogP contribution is 2.25. The van der Waals surface area contributed by atoms with E-state index in [4.69, 9.17) is 0 Å². The zero-order chi connectivity index (χ0) is 10.5. The topological polar surface area (TPSA) is 24.9 Å². The summed E-state index contributed by atoms with van der Waals surface area (Å²) in [5.41, 5.74) is 1.32. The van der Waals surface area contributed by atoms with Crippen LogP contribution in [0.2, 0.25) is 0 Å². The van der Waals surface area contributed by atoms with Crippen molar-refractivity contribution >= 4 is 11.8 Å². The van der Waals surface area contributed by atoms with E-state index in [0.717, 1.165) is 24.3 Å². The van der Waals surface area contributed by atoms with Crippen LogP contribution >= 0.6 is 11.8 Å². The molecule has 1 fully saturated rings. The van der Waals surface area contributed by atoms with Crippen LogP contribution in [0.25, 0.3) is 0 Å². The number of pyridine rings is 1. The molecule has 1 N–H and O–H groups in total. The van der Waals surface area contributed by atoms with Crippen LogP contribution in [0, 0.1) is 0 Å². The van der Waals surface area contributed by atoms with Gasteiger partial charge in [0.25, 0.3) is 0 Å². The summed E-state index contributed by atoms with van der Waals surface area (Å²) in [7, 11) is 0. The van der Waals surface area contributed by atoms with Crippen molar-refractivity contribution in [3.05, 3.63) is 30.1 Å². The zero-order valence-corrected chi connectivity index (χ0v) is 9.96. The number of aromatic nitrogens is 1. The van der Waals surface area contributed by atoms with E-state index in [1.54, 1.807) is 0 Å². The largest absolute Gasteiger partial charge is 0.313 e. The second-order valence-electron chi connectivity index (χ2n) is 4.14. The number of hydrogen-bond donors (Lipinski definition) is 1. The fourth-order valence-electron chi connectivity index (χ4n) is 1.93. The Hall–Kier alpha value is -0.540. The molecule has 0 saturated carbocycles. The van der Waals surface area contributed by atoms with Gasteiger partial charge >= 0.3 is 0 Å². The Bertz CT molecular complexity index is 289. The molecule has 2 heterocycles. The lowest BCUT2D eigenvalue weighted by molar-refractivity contribution is 0.541. The molecule has 1 aromatic rings. The summed E-state index contributed by atoms with van der Waals surface area (Å²) >= 11 is 2.08. The lowest BCUT2D eigenvalue weighted by atomic mass is 10.1. The van der Waals surface area contributed by atoms with Crippen LogP contribution in [0.4, 0.5) is 0 Å². The van der Waals surface area contributed by atoms with E-state index < -0.39 is 0 Å². The first-order valence-electron chi connectivity index (χ1n) is 5.58. The minimum atomic E-state index is 0.724. The predicted molar refractivity (Wildman–Crippen MR) is 66.3 cm³/mol. The quantitative estimate of drug-likeness (QED) is 0.844. The van der Waals surface area contributed by atoms with E-state index in [0.29, 0.717) is 0 Å². The molecule has 3 heteroatoms. The van der Waals surface area contributed by atoms with E-state index in [-0.39, 0.29) is 0 Å². The maximum Gasteiger partial charge on any atom is 0.0300 e. The van der Waals surface area contributed by atoms with Gasteiger partial charge in [0.2, 0.25) is 0 Å². The Labute approximate surface area is 95.9 Å². The summed E-state index contributed by atoms with van der Waals surface area (Å²) in [4.78, 5) is 4.12. The van der Waals surface area contributed by atoms with Crippen LogP contribution in [0.5, 0.6) is 0 Å². The Morgan fingerprint density at radius 1 is 1.60 bits per heavy atom. The number of nitrogens with one attached hydrogen (secondary N) is 1. The molecule has 2 atom stereocenters. The average molecular weight is 222 g/mol. The molecule has 0 spiro atoms. The highest BCUT2D eigenvalue weighted by molar-refractivity contribution is 8.00. The van der Waals surface area contributed by atoms with Crippen molar-refractivity contribution in [2.24, 2.45) is 0 Å². The first-order chi connectivity index (χ1) is 7.34. The fourth-order valence-corrected chi connectivity index (χ4v) is 3.11. The van der Waals surface area contributed by atoms with E-state index in [1.807, 2.05) is 18.5 Å². The molecule has 0 aliphatic carbocycles. The molecule has 2 nitrogen and oxygen atoms in total. The van der Waals surface area contributed by atoms with Crippen LogP contribution in [0.1, 0.15) is 18.9 Å². The molecular formula is C12H18N2S. The lowest BCUT2D eigenvalue weighted by Crippen LogP contribution is -2.30. The first-order valence-corrected chi connectivity index (χ1v) is 6.63. The second-order valence-corrected chi connectivity index (χ2v) is 5.61. The molecule has 0 aromatic carbocycles. The average Bonchev–Trinajstić information content (AvgIpc) is 2.66. The maximum absolute atomic E-state index is 4.12. The molecule has 82 valence electrons. The standard InChI is InChI=1S/C12H18N2S/c1-10-7-12(9-15-10)14-6-4-11-3-2-5-13-8-11/h2-3,5,8,10,12,14H,4,6-7,9H2,1H3. The molecule has 2 rings (SSSR count). The van der Waals surface area contributed by atoms with Crippen molar-refractivity contribution in [3.8, 4) is 0 Å². The smallest absolute Gasteiger partial charge is 0.0300 e. The Morgan fingerprint density at radius 2 is 2.53 bits per heavy atom. The summed E-state index contributed by atoms with van der Waals surface area (Å²) in [6.07, 6.45) is 6.18. The van der Waals surface area contributed by atoms with Crippen molar-refractivity contribution in [3.63, 3.8) is 0 Å². The number of rotatable bonds is 4. The zero-order valence-electron chi connectivity index (χ0n) is 9.15. The Balaban J connectivity index is 1.67. The van der Waals surface area contributed by atoms with Gasteiger partial charge in [-0.05, 0) is 31.0 Å². The molecular weight excluding hydrogens is 204 g/mol. The summed E-state index contributed by atoms with van der Waals surface area (Å²) in [6, 6.07) is 4.87. The van der Waals surface area contributed by atoms with Gasteiger partial charge in [-0.2, -0.15) is 11.8 Å². The van der Waals surface area contributed by atoms with Gasteiger partial charge in [-0.3, -0.25) is 4.98 Å². The molecule has 1 saturated heterocycles. The SMILES string of the molecule is CC1CC(NCCc2cccnc2)CS1. The van der Waals surface area contributed by atoms with Crippen LogP contribution < -0.4 is 5.32 Å². The third kappa shape index (κ3) is 3.50. The van der Waals surface area contributed by atoms with Crippen molar-refractivity contribution in [2.75, 3.05) is 12.3 Å². The summed E-state index contributed by atoms with van der Waals surface area (Å²) < 4.78 is 0. The van der Waals surface area contributed by atoms with E-state index in [1.165, 1.54) is 17.7 Å². The van der Waals surface area contributed by atoms with Crippen molar-refractivity contribution < 1.29 is 0 Å². The summed E-state index contributed by atoms with van der Waals surface area (Å²) in [5, 5.41) is 4.45. The monoisotopic (exact) mass is 222 g/mol. The highest BCUT2D eigenvalue weighted by atomic mass is 32.2. The van der Waals surface area contributed by atoms with Gasteiger partial charge < -0.3 is 5.32 Å². The Kier molecular flexibility index (Phi) is 4.03. The predicted octanol–water partition coefficient (Wildman–Crippen LogP) is 2.11. The van der Waals surface area contributed by atoms with E-state index >= 15 is 0 Å². The van der Waals surface area contributed by atoms with Gasteiger partial charge in [-0.15, -0.1) is 0 Å². The minimum absolute atomic E-state index is 0.724. The van der Waals surface area contributed by atoms with Crippen LogP contribution in [0.3, 0.4) is 0 Å². The van der Waals surface area contributed by atoms with Crippen LogP contribution in [-0.2, 0) is 6.42 Å². The second kappa shape index (κ2) is 5.52. The molecule has 1 aliphatic heterocycles. The summed E-state index contributed by atoms with van der Waals surface area (Å²) in [6.45, 7) is 3.39. The third-order valence-corrected chi connectivity index (χ3v) is 4.12. The molecule has 0 bridgehead atoms. The van der Waals surface area contributed by atoms with Crippen LogP contribution in [-0.4, -0.2) is 28.6 Å². The fraction of sp³-hybridized carbons (Fsp3) is 0.583.